The molecular weight excluding hydrogens is 460 g/mol. The van der Waals surface area contributed by atoms with Crippen LogP contribution in [-0.2, 0) is 17.6 Å². The molecule has 9 heteroatoms. The molecule has 2 aromatic heterocycles. The average molecular weight is 479 g/mol. The maximum Gasteiger partial charge on any atom is 0.341 e. The molecule has 0 bridgehead atoms. The van der Waals surface area contributed by atoms with Crippen molar-refractivity contribution < 1.29 is 14.3 Å². The monoisotopic (exact) mass is 478 g/mol. The van der Waals surface area contributed by atoms with Gasteiger partial charge in [0.15, 0.2) is 5.11 Å². The molecule has 0 radical (unpaired) electrons. The lowest BCUT2D eigenvalue weighted by molar-refractivity contribution is 0.0601. The first kappa shape index (κ1) is 21.2. The maximum absolute atomic E-state index is 12.7. The van der Waals surface area contributed by atoms with Crippen molar-refractivity contribution in [1.29, 1.82) is 0 Å². The minimum Gasteiger partial charge on any atom is -0.465 e. The van der Waals surface area contributed by atoms with E-state index in [1.165, 1.54) is 34.7 Å². The molecule has 0 saturated carbocycles. The van der Waals surface area contributed by atoms with Crippen LogP contribution in [0.25, 0.3) is 10.1 Å². The van der Waals surface area contributed by atoms with Gasteiger partial charge in [-0.2, -0.15) is 0 Å². The Bertz CT molecular complexity index is 1150. The number of rotatable bonds is 3. The third-order valence-corrected chi connectivity index (χ3v) is 8.09. The van der Waals surface area contributed by atoms with Crippen molar-refractivity contribution in [3.05, 3.63) is 50.2 Å². The topological polar surface area (TPSA) is 67.4 Å². The Labute approximate surface area is 192 Å². The van der Waals surface area contributed by atoms with Gasteiger partial charge in [-0.3, -0.25) is 10.1 Å². The Morgan fingerprint density at radius 1 is 1.13 bits per heavy atom. The third-order valence-electron chi connectivity index (χ3n) is 5.01. The number of aryl methyl sites for hydroxylation is 1. The molecule has 156 valence electrons. The highest BCUT2D eigenvalue weighted by atomic mass is 35.5. The van der Waals surface area contributed by atoms with Crippen LogP contribution in [0.1, 0.15) is 49.7 Å². The van der Waals surface area contributed by atoms with Crippen LogP contribution < -0.4 is 10.6 Å². The summed E-state index contributed by atoms with van der Waals surface area (Å²) in [6.07, 6.45) is 5.06. The lowest BCUT2D eigenvalue weighted by Crippen LogP contribution is -2.34. The van der Waals surface area contributed by atoms with E-state index in [1.807, 2.05) is 24.3 Å². The summed E-state index contributed by atoms with van der Waals surface area (Å²) < 4.78 is 5.94. The predicted molar refractivity (Wildman–Crippen MR) is 127 cm³/mol. The number of carbonyl (C=O) groups is 2. The van der Waals surface area contributed by atoms with Gasteiger partial charge >= 0.3 is 5.97 Å². The zero-order chi connectivity index (χ0) is 21.3. The van der Waals surface area contributed by atoms with Gasteiger partial charge in [0.2, 0.25) is 0 Å². The summed E-state index contributed by atoms with van der Waals surface area (Å²) in [6, 6.07) is 7.58. The van der Waals surface area contributed by atoms with Crippen LogP contribution in [0.15, 0.2) is 24.3 Å². The molecule has 0 spiro atoms. The number of hydrogen-bond acceptors (Lipinski definition) is 6. The number of benzene rings is 1. The van der Waals surface area contributed by atoms with Gasteiger partial charge in [0.25, 0.3) is 5.91 Å². The molecule has 1 aliphatic rings. The number of esters is 1. The van der Waals surface area contributed by atoms with E-state index in [2.05, 4.69) is 10.6 Å². The van der Waals surface area contributed by atoms with Crippen molar-refractivity contribution >= 4 is 78.6 Å². The predicted octanol–water partition coefficient (Wildman–Crippen LogP) is 5.80. The molecule has 0 saturated heterocycles. The molecule has 2 N–H and O–H groups in total. The average Bonchev–Trinajstić information content (AvgIpc) is 3.15. The van der Waals surface area contributed by atoms with Gasteiger partial charge in [-0.25, -0.2) is 4.79 Å². The summed E-state index contributed by atoms with van der Waals surface area (Å²) in [7, 11) is 1.37. The summed E-state index contributed by atoms with van der Waals surface area (Å²) >= 11 is 14.6. The molecule has 5 nitrogen and oxygen atoms in total. The molecule has 0 fully saturated rings. The smallest absolute Gasteiger partial charge is 0.341 e. The van der Waals surface area contributed by atoms with Crippen molar-refractivity contribution in [2.24, 2.45) is 0 Å². The highest BCUT2D eigenvalue weighted by Gasteiger charge is 2.26. The number of nitrogens with one attached hydrogen (secondary N) is 2. The van der Waals surface area contributed by atoms with Crippen LogP contribution in [0, 0.1) is 0 Å². The maximum atomic E-state index is 12.7. The molecule has 1 aromatic carbocycles. The van der Waals surface area contributed by atoms with Gasteiger partial charge < -0.3 is 10.1 Å². The number of anilines is 1. The van der Waals surface area contributed by atoms with E-state index in [0.29, 0.717) is 20.5 Å². The van der Waals surface area contributed by atoms with Crippen molar-refractivity contribution in [2.45, 2.75) is 32.1 Å². The van der Waals surface area contributed by atoms with E-state index in [9.17, 15) is 9.59 Å². The summed E-state index contributed by atoms with van der Waals surface area (Å²) in [5, 5.41) is 7.70. The molecule has 3 aromatic rings. The zero-order valence-corrected chi connectivity index (χ0v) is 19.4. The Morgan fingerprint density at radius 2 is 1.90 bits per heavy atom. The first-order valence-electron chi connectivity index (χ1n) is 9.51. The Morgan fingerprint density at radius 3 is 2.67 bits per heavy atom. The molecule has 0 aliphatic heterocycles. The lowest BCUT2D eigenvalue weighted by Gasteiger charge is -2.10. The van der Waals surface area contributed by atoms with Gasteiger partial charge in [-0.05, 0) is 49.5 Å². The van der Waals surface area contributed by atoms with Crippen molar-refractivity contribution in [2.75, 3.05) is 12.4 Å². The number of thiophene rings is 2. The van der Waals surface area contributed by atoms with E-state index in [0.717, 1.165) is 47.8 Å². The van der Waals surface area contributed by atoms with Gasteiger partial charge in [-0.1, -0.05) is 36.2 Å². The molecule has 1 amide bonds. The van der Waals surface area contributed by atoms with Gasteiger partial charge in [0, 0.05) is 15.0 Å². The van der Waals surface area contributed by atoms with E-state index in [-0.39, 0.29) is 11.0 Å². The molecule has 2 heterocycles. The molecule has 0 unspecified atom stereocenters. The summed E-state index contributed by atoms with van der Waals surface area (Å²) in [4.78, 5) is 26.8. The van der Waals surface area contributed by atoms with E-state index >= 15 is 0 Å². The minimum absolute atomic E-state index is 0.120. The number of thiocarbonyl (C=S) groups is 1. The standard InChI is InChI=1S/C21H19ClN2O3S3/c1-27-20(26)15-11-7-3-2-4-9-13(11)30-19(15)24-21(28)23-18(25)17-16(22)12-8-5-6-10-14(12)29-17/h5-6,8,10H,2-4,7,9H2,1H3,(H2,23,24,25,28). The molecule has 1 aliphatic carbocycles. The number of halogens is 1. The highest BCUT2D eigenvalue weighted by molar-refractivity contribution is 7.80. The van der Waals surface area contributed by atoms with E-state index in [1.54, 1.807) is 0 Å². The fourth-order valence-electron chi connectivity index (χ4n) is 3.60. The summed E-state index contributed by atoms with van der Waals surface area (Å²) in [5.41, 5.74) is 1.56. The van der Waals surface area contributed by atoms with Gasteiger partial charge in [-0.15, -0.1) is 22.7 Å². The highest BCUT2D eigenvalue weighted by Crippen LogP contribution is 2.38. The number of methoxy groups -OCH3 is 1. The fourth-order valence-corrected chi connectivity index (χ4v) is 6.56. The normalized spacial score (nSPS) is 13.4. The first-order chi connectivity index (χ1) is 14.5. The SMILES string of the molecule is COC(=O)c1c(NC(=S)NC(=O)c2sc3ccccc3c2Cl)sc2c1CCCCC2. The van der Waals surface area contributed by atoms with Crippen molar-refractivity contribution in [3.63, 3.8) is 0 Å². The van der Waals surface area contributed by atoms with Crippen molar-refractivity contribution in [1.82, 2.24) is 5.32 Å². The summed E-state index contributed by atoms with van der Waals surface area (Å²) in [6.45, 7) is 0. The number of amides is 1. The number of carbonyl (C=O) groups excluding carboxylic acids is 2. The zero-order valence-electron chi connectivity index (χ0n) is 16.2. The fraction of sp³-hybridized carbons (Fsp3) is 0.286. The first-order valence-corrected chi connectivity index (χ1v) is 11.9. The Kier molecular flexibility index (Phi) is 6.38. The molecule has 30 heavy (non-hydrogen) atoms. The third kappa shape index (κ3) is 4.09. The van der Waals surface area contributed by atoms with Crippen LogP contribution in [0.3, 0.4) is 0 Å². The van der Waals surface area contributed by atoms with Crippen LogP contribution in [0.5, 0.6) is 0 Å². The van der Waals surface area contributed by atoms with Crippen LogP contribution in [-0.4, -0.2) is 24.1 Å². The van der Waals surface area contributed by atoms with E-state index in [4.69, 9.17) is 28.6 Å². The second-order valence-corrected chi connectivity index (χ2v) is 9.85. The summed E-state index contributed by atoms with van der Waals surface area (Å²) in [5.74, 6) is -0.769. The van der Waals surface area contributed by atoms with Crippen LogP contribution >= 0.6 is 46.5 Å². The number of fused-ring (bicyclic) bond motifs is 2. The number of hydrogen-bond donors (Lipinski definition) is 2. The molecule has 0 atom stereocenters. The largest absolute Gasteiger partial charge is 0.465 e. The van der Waals surface area contributed by atoms with E-state index < -0.39 is 5.97 Å². The molecule has 4 rings (SSSR count). The minimum atomic E-state index is -0.390. The van der Waals surface area contributed by atoms with Gasteiger partial charge in [0.05, 0.1) is 17.7 Å². The Balaban J connectivity index is 1.56. The Hall–Kier alpha value is -2.00. The second kappa shape index (κ2) is 9.01. The van der Waals surface area contributed by atoms with Crippen molar-refractivity contribution in [3.8, 4) is 0 Å². The second-order valence-electron chi connectivity index (χ2n) is 6.91. The lowest BCUT2D eigenvalue weighted by atomic mass is 10.1. The number of ether oxygens (including phenoxy) is 1. The quantitative estimate of drug-likeness (QED) is 0.283. The molecular formula is C21H19ClN2O3S3. The van der Waals surface area contributed by atoms with Gasteiger partial charge in [0.1, 0.15) is 9.88 Å². The van der Waals surface area contributed by atoms with Crippen LogP contribution in [0.4, 0.5) is 5.00 Å². The van der Waals surface area contributed by atoms with Crippen LogP contribution in [0.2, 0.25) is 5.02 Å².